The number of carbonyl (C=O) groups excluding carboxylic acids is 1. The molecule has 0 aliphatic rings. The van der Waals surface area contributed by atoms with E-state index < -0.39 is 0 Å². The van der Waals surface area contributed by atoms with Crippen molar-refractivity contribution in [3.63, 3.8) is 0 Å². The van der Waals surface area contributed by atoms with E-state index >= 15 is 0 Å². The van der Waals surface area contributed by atoms with E-state index in [0.29, 0.717) is 4.88 Å². The first kappa shape index (κ1) is 12.9. The minimum absolute atomic E-state index is 0.00831. The van der Waals surface area contributed by atoms with E-state index in [0.717, 1.165) is 27.2 Å². The average Bonchev–Trinajstić information content (AvgIpc) is 3.02. The SMILES string of the molecule is Cc1nc(-c2ccc3[nH]ccc3c2)sc1C(=O)N(C)C. The monoisotopic (exact) mass is 285 g/mol. The lowest BCUT2D eigenvalue weighted by atomic mass is 10.2. The molecule has 0 saturated carbocycles. The van der Waals surface area contributed by atoms with E-state index in [9.17, 15) is 4.79 Å². The summed E-state index contributed by atoms with van der Waals surface area (Å²) in [5.74, 6) is 0.00831. The fraction of sp³-hybridized carbons (Fsp3) is 0.200. The fourth-order valence-electron chi connectivity index (χ4n) is 2.11. The van der Waals surface area contributed by atoms with Gasteiger partial charge in [-0.05, 0) is 31.2 Å². The van der Waals surface area contributed by atoms with E-state index in [4.69, 9.17) is 0 Å². The Balaban J connectivity index is 2.06. The quantitative estimate of drug-likeness (QED) is 0.785. The summed E-state index contributed by atoms with van der Waals surface area (Å²) < 4.78 is 0. The minimum Gasteiger partial charge on any atom is -0.361 e. The standard InChI is InChI=1S/C15H15N3OS/c1-9-13(15(19)18(2)3)20-14(17-9)11-4-5-12-10(8-11)6-7-16-12/h4-8,16H,1-3H3. The molecular formula is C15H15N3OS. The predicted octanol–water partition coefficient (Wildman–Crippen LogP) is 3.30. The van der Waals surface area contributed by atoms with Crippen molar-refractivity contribution in [2.75, 3.05) is 14.1 Å². The van der Waals surface area contributed by atoms with Crippen molar-refractivity contribution in [2.45, 2.75) is 6.92 Å². The fourth-order valence-corrected chi connectivity index (χ4v) is 3.19. The van der Waals surface area contributed by atoms with Gasteiger partial charge >= 0.3 is 0 Å². The number of fused-ring (bicyclic) bond motifs is 1. The Labute approximate surface area is 121 Å². The molecule has 0 saturated heterocycles. The second kappa shape index (κ2) is 4.76. The lowest BCUT2D eigenvalue weighted by molar-refractivity contribution is 0.0831. The molecule has 3 aromatic rings. The second-order valence-corrected chi connectivity index (χ2v) is 5.91. The van der Waals surface area contributed by atoms with Crippen LogP contribution in [0.25, 0.3) is 21.5 Å². The molecule has 102 valence electrons. The maximum absolute atomic E-state index is 12.1. The Morgan fingerprint density at radius 1 is 1.30 bits per heavy atom. The normalized spacial score (nSPS) is 10.9. The lowest BCUT2D eigenvalue weighted by Gasteiger charge is -2.07. The number of carbonyl (C=O) groups is 1. The van der Waals surface area contributed by atoms with Crippen LogP contribution in [0.5, 0.6) is 0 Å². The number of benzene rings is 1. The maximum Gasteiger partial charge on any atom is 0.265 e. The van der Waals surface area contributed by atoms with Crippen LogP contribution in [0.1, 0.15) is 15.4 Å². The third-order valence-corrected chi connectivity index (χ3v) is 4.39. The number of nitrogens with zero attached hydrogens (tertiary/aromatic N) is 2. The maximum atomic E-state index is 12.1. The molecule has 0 radical (unpaired) electrons. The lowest BCUT2D eigenvalue weighted by Crippen LogP contribution is -2.21. The van der Waals surface area contributed by atoms with E-state index in [2.05, 4.69) is 16.0 Å². The molecule has 1 amide bonds. The number of aromatic amines is 1. The first-order valence-electron chi connectivity index (χ1n) is 6.33. The Morgan fingerprint density at radius 2 is 2.10 bits per heavy atom. The number of thiazole rings is 1. The van der Waals surface area contributed by atoms with Gasteiger partial charge in [0.05, 0.1) is 5.69 Å². The number of aromatic nitrogens is 2. The molecular weight excluding hydrogens is 270 g/mol. The van der Waals surface area contributed by atoms with Crippen LogP contribution < -0.4 is 0 Å². The molecule has 0 aliphatic heterocycles. The molecule has 2 heterocycles. The smallest absolute Gasteiger partial charge is 0.265 e. The molecule has 0 fully saturated rings. The highest BCUT2D eigenvalue weighted by molar-refractivity contribution is 7.17. The highest BCUT2D eigenvalue weighted by Gasteiger charge is 2.17. The Morgan fingerprint density at radius 3 is 2.85 bits per heavy atom. The number of hydrogen-bond acceptors (Lipinski definition) is 3. The summed E-state index contributed by atoms with van der Waals surface area (Å²) in [6.45, 7) is 1.88. The molecule has 4 nitrogen and oxygen atoms in total. The largest absolute Gasteiger partial charge is 0.361 e. The Kier molecular flexibility index (Phi) is 3.06. The number of nitrogens with one attached hydrogen (secondary N) is 1. The zero-order valence-corrected chi connectivity index (χ0v) is 12.4. The van der Waals surface area contributed by atoms with Gasteiger partial charge in [0.25, 0.3) is 5.91 Å². The van der Waals surface area contributed by atoms with Gasteiger partial charge in [0.1, 0.15) is 9.88 Å². The summed E-state index contributed by atoms with van der Waals surface area (Å²) in [6, 6.07) is 8.19. The van der Waals surface area contributed by atoms with Gasteiger partial charge in [-0.2, -0.15) is 0 Å². The Hall–Kier alpha value is -2.14. The number of hydrogen-bond donors (Lipinski definition) is 1. The van der Waals surface area contributed by atoms with Crippen molar-refractivity contribution >= 4 is 28.1 Å². The minimum atomic E-state index is 0.00831. The molecule has 2 aromatic heterocycles. The van der Waals surface area contributed by atoms with Crippen molar-refractivity contribution in [1.82, 2.24) is 14.9 Å². The van der Waals surface area contributed by atoms with Crippen LogP contribution in [0.2, 0.25) is 0 Å². The van der Waals surface area contributed by atoms with Crippen molar-refractivity contribution in [3.05, 3.63) is 41.0 Å². The molecule has 3 rings (SSSR count). The molecule has 0 unspecified atom stereocenters. The van der Waals surface area contributed by atoms with Gasteiger partial charge in [-0.3, -0.25) is 4.79 Å². The van der Waals surface area contributed by atoms with Gasteiger partial charge < -0.3 is 9.88 Å². The molecule has 0 atom stereocenters. The summed E-state index contributed by atoms with van der Waals surface area (Å²) >= 11 is 1.45. The van der Waals surface area contributed by atoms with Crippen LogP contribution in [0.4, 0.5) is 0 Å². The van der Waals surface area contributed by atoms with E-state index in [1.54, 1.807) is 19.0 Å². The molecule has 1 N–H and O–H groups in total. The van der Waals surface area contributed by atoms with Crippen molar-refractivity contribution in [1.29, 1.82) is 0 Å². The van der Waals surface area contributed by atoms with Crippen LogP contribution in [-0.2, 0) is 0 Å². The first-order valence-corrected chi connectivity index (χ1v) is 7.14. The summed E-state index contributed by atoms with van der Waals surface area (Å²) in [4.78, 5) is 22.1. The highest BCUT2D eigenvalue weighted by atomic mass is 32.1. The van der Waals surface area contributed by atoms with Gasteiger partial charge in [-0.1, -0.05) is 0 Å². The summed E-state index contributed by atoms with van der Waals surface area (Å²) in [6.07, 6.45) is 1.92. The van der Waals surface area contributed by atoms with Crippen LogP contribution in [-0.4, -0.2) is 34.9 Å². The average molecular weight is 285 g/mol. The van der Waals surface area contributed by atoms with Crippen molar-refractivity contribution in [2.24, 2.45) is 0 Å². The first-order chi connectivity index (χ1) is 9.56. The van der Waals surface area contributed by atoms with Crippen LogP contribution in [0.15, 0.2) is 30.5 Å². The third-order valence-electron chi connectivity index (χ3n) is 3.20. The number of aryl methyl sites for hydroxylation is 1. The third kappa shape index (κ3) is 2.10. The van der Waals surface area contributed by atoms with Crippen molar-refractivity contribution in [3.8, 4) is 10.6 Å². The molecule has 20 heavy (non-hydrogen) atoms. The zero-order chi connectivity index (χ0) is 14.3. The number of amides is 1. The van der Waals surface area contributed by atoms with Gasteiger partial charge in [0.2, 0.25) is 0 Å². The second-order valence-electron chi connectivity index (χ2n) is 4.91. The Bertz CT molecular complexity index is 785. The van der Waals surface area contributed by atoms with Gasteiger partial charge in [-0.15, -0.1) is 11.3 Å². The molecule has 0 spiro atoms. The number of H-pyrrole nitrogens is 1. The summed E-state index contributed by atoms with van der Waals surface area (Å²) in [5, 5.41) is 2.03. The highest BCUT2D eigenvalue weighted by Crippen LogP contribution is 2.30. The topological polar surface area (TPSA) is 49.0 Å². The van der Waals surface area contributed by atoms with Crippen LogP contribution in [0, 0.1) is 6.92 Å². The molecule has 5 heteroatoms. The predicted molar refractivity (Wildman–Crippen MR) is 82.2 cm³/mol. The molecule has 1 aromatic carbocycles. The van der Waals surface area contributed by atoms with E-state index in [-0.39, 0.29) is 5.91 Å². The van der Waals surface area contributed by atoms with E-state index in [1.165, 1.54) is 11.3 Å². The van der Waals surface area contributed by atoms with Gasteiger partial charge in [0.15, 0.2) is 0 Å². The van der Waals surface area contributed by atoms with Crippen LogP contribution in [0.3, 0.4) is 0 Å². The van der Waals surface area contributed by atoms with Gasteiger partial charge in [0, 0.05) is 36.8 Å². The summed E-state index contributed by atoms with van der Waals surface area (Å²) in [5.41, 5.74) is 2.94. The molecule has 0 aliphatic carbocycles. The van der Waals surface area contributed by atoms with Gasteiger partial charge in [-0.25, -0.2) is 4.98 Å². The van der Waals surface area contributed by atoms with Crippen LogP contribution >= 0.6 is 11.3 Å². The van der Waals surface area contributed by atoms with Crippen molar-refractivity contribution < 1.29 is 4.79 Å². The number of rotatable bonds is 2. The zero-order valence-electron chi connectivity index (χ0n) is 11.6. The summed E-state index contributed by atoms with van der Waals surface area (Å²) in [7, 11) is 3.51. The van der Waals surface area contributed by atoms with E-state index in [1.807, 2.05) is 31.3 Å². The molecule has 0 bridgehead atoms.